The molecule has 5 rings (SSSR count). The normalized spacial score (nSPS) is 16.1. The van der Waals surface area contributed by atoms with Crippen LogP contribution in [0.15, 0.2) is 60.7 Å². The van der Waals surface area contributed by atoms with Crippen LogP contribution in [0.5, 0.6) is 23.0 Å². The average Bonchev–Trinajstić information content (AvgIpc) is 3.19. The van der Waals surface area contributed by atoms with Gasteiger partial charge < -0.3 is 24.1 Å². The van der Waals surface area contributed by atoms with Crippen LogP contribution >= 0.6 is 0 Å². The number of hydrogen-bond acceptors (Lipinski definition) is 6. The Labute approximate surface area is 187 Å². The molecular formula is C26H27NO5. The van der Waals surface area contributed by atoms with Crippen molar-refractivity contribution in [2.45, 2.75) is 25.6 Å². The van der Waals surface area contributed by atoms with E-state index in [-0.39, 0.29) is 6.79 Å². The summed E-state index contributed by atoms with van der Waals surface area (Å²) in [6, 6.07) is 20.1. The standard InChI is InChI=1S/C26H27NO5/c1-29-24-12-19(13-25-26(24)32-17-31-25)15-27-9-10-30-23-8-7-20(14-21(23)16-27)22(28)11-18-5-3-2-4-6-18/h2-8,12-14,22,28H,9-11,15-17H2,1H3/t22-/m0/s1. The second-order valence-corrected chi connectivity index (χ2v) is 8.16. The fourth-order valence-electron chi connectivity index (χ4n) is 4.30. The van der Waals surface area contributed by atoms with E-state index in [1.54, 1.807) is 7.11 Å². The molecule has 0 bridgehead atoms. The molecule has 0 amide bonds. The number of hydrogen-bond donors (Lipinski definition) is 1. The Balaban J connectivity index is 1.33. The summed E-state index contributed by atoms with van der Waals surface area (Å²) in [5, 5.41) is 10.8. The third-order valence-electron chi connectivity index (χ3n) is 5.92. The van der Waals surface area contributed by atoms with Crippen molar-refractivity contribution in [3.8, 4) is 23.0 Å². The van der Waals surface area contributed by atoms with Gasteiger partial charge in [0.15, 0.2) is 11.5 Å². The average molecular weight is 434 g/mol. The van der Waals surface area contributed by atoms with Gasteiger partial charge in [-0.3, -0.25) is 4.90 Å². The number of ether oxygens (including phenoxy) is 4. The molecule has 0 fully saturated rings. The summed E-state index contributed by atoms with van der Waals surface area (Å²) < 4.78 is 22.6. The molecule has 0 radical (unpaired) electrons. The second-order valence-electron chi connectivity index (χ2n) is 8.16. The third kappa shape index (κ3) is 4.38. The number of nitrogens with zero attached hydrogens (tertiary/aromatic N) is 1. The predicted octanol–water partition coefficient (Wildman–Crippen LogP) is 4.09. The number of aliphatic hydroxyl groups excluding tert-OH is 1. The van der Waals surface area contributed by atoms with Gasteiger partial charge in [-0.2, -0.15) is 0 Å². The Hall–Kier alpha value is -3.22. The monoisotopic (exact) mass is 433 g/mol. The quantitative estimate of drug-likeness (QED) is 0.632. The zero-order valence-electron chi connectivity index (χ0n) is 18.1. The van der Waals surface area contributed by atoms with Gasteiger partial charge in [0.1, 0.15) is 12.4 Å². The lowest BCUT2D eigenvalue weighted by atomic mass is 9.99. The number of fused-ring (bicyclic) bond motifs is 2. The highest BCUT2D eigenvalue weighted by Crippen LogP contribution is 2.42. The van der Waals surface area contributed by atoms with Crippen LogP contribution in [0.25, 0.3) is 0 Å². The van der Waals surface area contributed by atoms with E-state index < -0.39 is 6.10 Å². The highest BCUT2D eigenvalue weighted by atomic mass is 16.7. The Kier molecular flexibility index (Phi) is 5.88. The van der Waals surface area contributed by atoms with Gasteiger partial charge >= 0.3 is 0 Å². The maximum Gasteiger partial charge on any atom is 0.231 e. The van der Waals surface area contributed by atoms with Crippen LogP contribution in [0.2, 0.25) is 0 Å². The number of rotatable bonds is 6. The van der Waals surface area contributed by atoms with Crippen molar-refractivity contribution >= 4 is 0 Å². The molecule has 6 nitrogen and oxygen atoms in total. The molecule has 0 aliphatic carbocycles. The highest BCUT2D eigenvalue weighted by molar-refractivity contribution is 5.55. The molecule has 0 saturated carbocycles. The van der Waals surface area contributed by atoms with Gasteiger partial charge in [0.25, 0.3) is 0 Å². The summed E-state index contributed by atoms with van der Waals surface area (Å²) in [5.74, 6) is 2.95. The molecule has 0 unspecified atom stereocenters. The summed E-state index contributed by atoms with van der Waals surface area (Å²) in [6.45, 7) is 3.09. The van der Waals surface area contributed by atoms with Crippen molar-refractivity contribution in [2.24, 2.45) is 0 Å². The van der Waals surface area contributed by atoms with Crippen molar-refractivity contribution in [1.82, 2.24) is 4.90 Å². The Morgan fingerprint density at radius 2 is 1.84 bits per heavy atom. The topological polar surface area (TPSA) is 60.4 Å². The van der Waals surface area contributed by atoms with Crippen molar-refractivity contribution in [3.63, 3.8) is 0 Å². The first kappa shape index (κ1) is 20.7. The van der Waals surface area contributed by atoms with E-state index in [1.807, 2.05) is 54.6 Å². The lowest BCUT2D eigenvalue weighted by molar-refractivity contribution is 0.171. The Morgan fingerprint density at radius 1 is 0.969 bits per heavy atom. The van der Waals surface area contributed by atoms with Gasteiger partial charge in [0, 0.05) is 31.6 Å². The fraction of sp³-hybridized carbons (Fsp3) is 0.308. The summed E-state index contributed by atoms with van der Waals surface area (Å²) in [7, 11) is 1.64. The molecule has 3 aromatic rings. The summed E-state index contributed by atoms with van der Waals surface area (Å²) >= 11 is 0. The van der Waals surface area contributed by atoms with Gasteiger partial charge in [-0.25, -0.2) is 0 Å². The first-order chi connectivity index (χ1) is 15.7. The van der Waals surface area contributed by atoms with Crippen molar-refractivity contribution in [3.05, 3.63) is 82.9 Å². The molecule has 32 heavy (non-hydrogen) atoms. The van der Waals surface area contributed by atoms with E-state index in [9.17, 15) is 5.11 Å². The van der Waals surface area contributed by atoms with E-state index in [4.69, 9.17) is 18.9 Å². The number of methoxy groups -OCH3 is 1. The summed E-state index contributed by atoms with van der Waals surface area (Å²) in [5.41, 5.74) is 4.20. The SMILES string of the molecule is COc1cc(CN2CCOc3ccc([C@@H](O)Cc4ccccc4)cc3C2)cc2c1OCO2. The molecule has 1 N–H and O–H groups in total. The molecule has 2 aliphatic rings. The minimum absolute atomic E-state index is 0.216. The first-order valence-corrected chi connectivity index (χ1v) is 10.9. The minimum atomic E-state index is -0.558. The molecule has 166 valence electrons. The van der Waals surface area contributed by atoms with Gasteiger partial charge in [-0.05, 0) is 41.0 Å². The van der Waals surface area contributed by atoms with Crippen molar-refractivity contribution in [1.29, 1.82) is 0 Å². The van der Waals surface area contributed by atoms with Gasteiger partial charge in [0.2, 0.25) is 12.5 Å². The molecule has 0 saturated heterocycles. The largest absolute Gasteiger partial charge is 0.493 e. The molecule has 2 aliphatic heterocycles. The van der Waals surface area contributed by atoms with Crippen LogP contribution in [-0.2, 0) is 19.5 Å². The smallest absolute Gasteiger partial charge is 0.231 e. The lowest BCUT2D eigenvalue weighted by Gasteiger charge is -2.20. The number of benzene rings is 3. The molecule has 1 atom stereocenters. The van der Waals surface area contributed by atoms with Gasteiger partial charge in [0.05, 0.1) is 13.2 Å². The fourth-order valence-corrected chi connectivity index (χ4v) is 4.30. The minimum Gasteiger partial charge on any atom is -0.493 e. The van der Waals surface area contributed by atoms with Crippen LogP contribution in [0, 0.1) is 0 Å². The van der Waals surface area contributed by atoms with Crippen molar-refractivity contribution in [2.75, 3.05) is 27.1 Å². The van der Waals surface area contributed by atoms with Crippen LogP contribution in [0.1, 0.15) is 28.4 Å². The summed E-state index contributed by atoms with van der Waals surface area (Å²) in [4.78, 5) is 2.33. The van der Waals surface area contributed by atoms with Gasteiger partial charge in [-0.15, -0.1) is 0 Å². The third-order valence-corrected chi connectivity index (χ3v) is 5.92. The van der Waals surface area contributed by atoms with Crippen LogP contribution in [0.3, 0.4) is 0 Å². The zero-order chi connectivity index (χ0) is 21.9. The molecule has 2 heterocycles. The van der Waals surface area contributed by atoms with Crippen molar-refractivity contribution < 1.29 is 24.1 Å². The highest BCUT2D eigenvalue weighted by Gasteiger charge is 2.22. The zero-order valence-corrected chi connectivity index (χ0v) is 18.1. The van der Waals surface area contributed by atoms with Crippen LogP contribution in [0.4, 0.5) is 0 Å². The first-order valence-electron chi connectivity index (χ1n) is 10.9. The Bertz CT molecular complexity index is 1090. The second kappa shape index (κ2) is 9.10. The molecule has 0 spiro atoms. The summed E-state index contributed by atoms with van der Waals surface area (Å²) in [6.07, 6.45) is 0.0267. The predicted molar refractivity (Wildman–Crippen MR) is 120 cm³/mol. The maximum atomic E-state index is 10.8. The maximum absolute atomic E-state index is 10.8. The van der Waals surface area contributed by atoms with E-state index in [0.29, 0.717) is 24.5 Å². The molecule has 0 aromatic heterocycles. The van der Waals surface area contributed by atoms with Gasteiger partial charge in [-0.1, -0.05) is 36.4 Å². The number of aliphatic hydroxyl groups is 1. The molecular weight excluding hydrogens is 406 g/mol. The van der Waals surface area contributed by atoms with E-state index in [1.165, 1.54) is 0 Å². The molecule has 6 heteroatoms. The Morgan fingerprint density at radius 3 is 2.69 bits per heavy atom. The van der Waals surface area contributed by atoms with Crippen LogP contribution < -0.4 is 18.9 Å². The lowest BCUT2D eigenvalue weighted by Crippen LogP contribution is -2.25. The van der Waals surface area contributed by atoms with E-state index >= 15 is 0 Å². The van der Waals surface area contributed by atoms with E-state index in [0.717, 1.165) is 53.4 Å². The van der Waals surface area contributed by atoms with E-state index in [2.05, 4.69) is 11.0 Å². The molecule has 3 aromatic carbocycles. The van der Waals surface area contributed by atoms with Crippen LogP contribution in [-0.4, -0.2) is 37.1 Å².